The molecule has 0 saturated carbocycles. The van der Waals surface area contributed by atoms with Gasteiger partial charge in [0.2, 0.25) is 0 Å². The molecule has 0 fully saturated rings. The first-order valence-corrected chi connectivity index (χ1v) is 9.81. The summed E-state index contributed by atoms with van der Waals surface area (Å²) in [6.45, 7) is 4.47. The van der Waals surface area contributed by atoms with Crippen molar-refractivity contribution < 1.29 is 14.3 Å². The molecule has 148 valence electrons. The highest BCUT2D eigenvalue weighted by Crippen LogP contribution is 2.28. The van der Waals surface area contributed by atoms with Gasteiger partial charge in [0.15, 0.2) is 16.3 Å². The van der Waals surface area contributed by atoms with Crippen LogP contribution in [0, 0.1) is 26.2 Å². The van der Waals surface area contributed by atoms with Crippen LogP contribution >= 0.6 is 11.3 Å². The number of benzene rings is 2. The molecule has 0 radical (unpaired) electrons. The third-order valence-electron chi connectivity index (χ3n) is 4.58. The van der Waals surface area contributed by atoms with E-state index in [1.54, 1.807) is 32.4 Å². The highest BCUT2D eigenvalue weighted by Gasteiger charge is 2.08. The Hall–Kier alpha value is -3.30. The number of nitrogens with zero attached hydrogens (tertiary/aromatic N) is 2. The minimum atomic E-state index is -0.356. The molecule has 0 aliphatic rings. The van der Waals surface area contributed by atoms with Crippen molar-refractivity contribution in [2.75, 3.05) is 14.2 Å². The van der Waals surface area contributed by atoms with Gasteiger partial charge in [0.25, 0.3) is 5.91 Å². The maximum absolute atomic E-state index is 12.5. The third-order valence-corrected chi connectivity index (χ3v) is 5.62. The van der Waals surface area contributed by atoms with Crippen LogP contribution in [0.15, 0.2) is 41.4 Å². The number of hydrogen-bond acceptors (Lipinski definition) is 4. The summed E-state index contributed by atoms with van der Waals surface area (Å²) in [7, 11) is 3.15. The van der Waals surface area contributed by atoms with Gasteiger partial charge in [-0.25, -0.2) is 0 Å². The number of hydrogen-bond donors (Lipinski definition) is 0. The van der Waals surface area contributed by atoms with Crippen LogP contribution in [-0.2, 0) is 11.3 Å². The molecule has 29 heavy (non-hydrogen) atoms. The second-order valence-electron chi connectivity index (χ2n) is 6.48. The van der Waals surface area contributed by atoms with Crippen LogP contribution in [0.25, 0.3) is 16.3 Å². The average molecular weight is 407 g/mol. The molecule has 1 aromatic heterocycles. The predicted octanol–water partition coefficient (Wildman–Crippen LogP) is 4.11. The van der Waals surface area contributed by atoms with E-state index in [0.29, 0.717) is 22.8 Å². The van der Waals surface area contributed by atoms with Crippen molar-refractivity contribution in [3.05, 3.63) is 57.9 Å². The Kier molecular flexibility index (Phi) is 6.20. The Balaban J connectivity index is 1.96. The molecule has 2 aromatic carbocycles. The van der Waals surface area contributed by atoms with Crippen molar-refractivity contribution >= 4 is 33.5 Å². The Morgan fingerprint density at radius 3 is 2.59 bits per heavy atom. The van der Waals surface area contributed by atoms with Crippen molar-refractivity contribution in [3.8, 4) is 23.8 Å². The summed E-state index contributed by atoms with van der Waals surface area (Å²) < 4.78 is 13.5. The van der Waals surface area contributed by atoms with Gasteiger partial charge in [0.05, 0.1) is 31.0 Å². The van der Waals surface area contributed by atoms with Gasteiger partial charge < -0.3 is 14.0 Å². The number of fused-ring (bicyclic) bond motifs is 1. The van der Waals surface area contributed by atoms with Gasteiger partial charge >= 0.3 is 0 Å². The van der Waals surface area contributed by atoms with Gasteiger partial charge in [0, 0.05) is 6.08 Å². The van der Waals surface area contributed by atoms with E-state index >= 15 is 0 Å². The van der Waals surface area contributed by atoms with Crippen molar-refractivity contribution in [3.63, 3.8) is 0 Å². The van der Waals surface area contributed by atoms with Gasteiger partial charge in [-0.15, -0.1) is 6.42 Å². The standard InChI is InChI=1S/C23H22N2O3S/c1-6-11-25-18-12-15(2)16(3)13-21(18)29-23(25)24-22(26)10-8-17-7-9-19(27-4)20(14-17)28-5/h1,7-10,12-14H,11H2,2-5H3. The van der Waals surface area contributed by atoms with Crippen molar-refractivity contribution in [1.82, 2.24) is 4.57 Å². The van der Waals surface area contributed by atoms with Crippen LogP contribution in [-0.4, -0.2) is 24.7 Å². The summed E-state index contributed by atoms with van der Waals surface area (Å²) in [6, 6.07) is 9.62. The van der Waals surface area contributed by atoms with Crippen LogP contribution in [0.2, 0.25) is 0 Å². The number of methoxy groups -OCH3 is 2. The number of aromatic nitrogens is 1. The van der Waals surface area contributed by atoms with E-state index < -0.39 is 0 Å². The number of carbonyl (C=O) groups is 1. The predicted molar refractivity (Wildman–Crippen MR) is 117 cm³/mol. The number of amides is 1. The summed E-state index contributed by atoms with van der Waals surface area (Å²) in [5, 5.41) is 0. The van der Waals surface area contributed by atoms with Crippen LogP contribution < -0.4 is 14.3 Å². The summed E-state index contributed by atoms with van der Waals surface area (Å²) in [5.41, 5.74) is 4.17. The largest absolute Gasteiger partial charge is 0.493 e. The van der Waals surface area contributed by atoms with E-state index in [2.05, 4.69) is 36.9 Å². The first-order valence-electron chi connectivity index (χ1n) is 8.99. The second kappa shape index (κ2) is 8.80. The number of terminal acetylenes is 1. The fraction of sp³-hybridized carbons (Fsp3) is 0.217. The lowest BCUT2D eigenvalue weighted by atomic mass is 10.1. The topological polar surface area (TPSA) is 52.8 Å². The first-order chi connectivity index (χ1) is 14.0. The minimum absolute atomic E-state index is 0.355. The molecule has 0 bridgehead atoms. The summed E-state index contributed by atoms with van der Waals surface area (Å²) in [4.78, 5) is 17.3. The molecule has 6 heteroatoms. The molecule has 0 N–H and O–H groups in total. The summed E-state index contributed by atoms with van der Waals surface area (Å²) in [6.07, 6.45) is 8.66. The Morgan fingerprint density at radius 2 is 1.90 bits per heavy atom. The fourth-order valence-corrected chi connectivity index (χ4v) is 4.02. The average Bonchev–Trinajstić information content (AvgIpc) is 3.02. The van der Waals surface area contributed by atoms with Crippen molar-refractivity contribution in [2.24, 2.45) is 4.99 Å². The van der Waals surface area contributed by atoms with E-state index in [-0.39, 0.29) is 5.91 Å². The molecule has 5 nitrogen and oxygen atoms in total. The number of carbonyl (C=O) groups excluding carboxylic acids is 1. The van der Waals surface area contributed by atoms with E-state index in [9.17, 15) is 4.79 Å². The number of aryl methyl sites for hydroxylation is 2. The smallest absolute Gasteiger partial charge is 0.272 e. The lowest BCUT2D eigenvalue weighted by Crippen LogP contribution is -2.15. The molecule has 3 aromatic rings. The molecule has 0 spiro atoms. The first kappa shape index (κ1) is 20.4. The van der Waals surface area contributed by atoms with Gasteiger partial charge in [-0.2, -0.15) is 4.99 Å². The molecule has 1 heterocycles. The fourth-order valence-electron chi connectivity index (χ4n) is 2.91. The van der Waals surface area contributed by atoms with Crippen LogP contribution in [0.3, 0.4) is 0 Å². The van der Waals surface area contributed by atoms with Crippen molar-refractivity contribution in [1.29, 1.82) is 0 Å². The molecule has 0 atom stereocenters. The number of rotatable bonds is 5. The quantitative estimate of drug-likeness (QED) is 0.473. The molecule has 0 aliphatic carbocycles. The molecule has 3 rings (SSSR count). The molecule has 0 aliphatic heterocycles. The second-order valence-corrected chi connectivity index (χ2v) is 7.49. The maximum atomic E-state index is 12.5. The minimum Gasteiger partial charge on any atom is -0.493 e. The highest BCUT2D eigenvalue weighted by atomic mass is 32.1. The van der Waals surface area contributed by atoms with Crippen LogP contribution in [0.4, 0.5) is 0 Å². The van der Waals surface area contributed by atoms with Gasteiger partial charge in [-0.05, 0) is 60.9 Å². The Bertz CT molecular complexity index is 1210. The summed E-state index contributed by atoms with van der Waals surface area (Å²) >= 11 is 1.46. The Morgan fingerprint density at radius 1 is 1.17 bits per heavy atom. The zero-order valence-electron chi connectivity index (χ0n) is 16.9. The van der Waals surface area contributed by atoms with Crippen LogP contribution in [0.1, 0.15) is 16.7 Å². The summed E-state index contributed by atoms with van der Waals surface area (Å²) in [5.74, 6) is 3.52. The normalized spacial score (nSPS) is 11.8. The van der Waals surface area contributed by atoms with E-state index in [1.807, 2.05) is 10.6 Å². The zero-order chi connectivity index (χ0) is 21.0. The molecular formula is C23H22N2O3S. The lowest BCUT2D eigenvalue weighted by molar-refractivity contribution is -0.113. The highest BCUT2D eigenvalue weighted by molar-refractivity contribution is 7.16. The zero-order valence-corrected chi connectivity index (χ0v) is 17.7. The molecule has 1 amide bonds. The van der Waals surface area contributed by atoms with E-state index in [1.165, 1.54) is 28.5 Å². The SMILES string of the molecule is C#CCn1c(=NC(=O)C=Cc2ccc(OC)c(OC)c2)sc2cc(C)c(C)cc21. The van der Waals surface area contributed by atoms with Gasteiger partial charge in [-0.3, -0.25) is 4.79 Å². The monoisotopic (exact) mass is 406 g/mol. The van der Waals surface area contributed by atoms with E-state index in [4.69, 9.17) is 15.9 Å². The maximum Gasteiger partial charge on any atom is 0.272 e. The molecular weight excluding hydrogens is 384 g/mol. The number of ether oxygens (including phenoxy) is 2. The lowest BCUT2D eigenvalue weighted by Gasteiger charge is -2.07. The van der Waals surface area contributed by atoms with Crippen LogP contribution in [0.5, 0.6) is 11.5 Å². The molecule has 0 saturated heterocycles. The number of thiazole rings is 1. The Labute approximate surface area is 173 Å². The van der Waals surface area contributed by atoms with E-state index in [0.717, 1.165) is 15.8 Å². The van der Waals surface area contributed by atoms with Crippen molar-refractivity contribution in [2.45, 2.75) is 20.4 Å². The van der Waals surface area contributed by atoms with Gasteiger partial charge in [0.1, 0.15) is 0 Å². The van der Waals surface area contributed by atoms with Gasteiger partial charge in [-0.1, -0.05) is 23.3 Å². The third kappa shape index (κ3) is 4.41. The molecule has 0 unspecified atom stereocenters.